The van der Waals surface area contributed by atoms with E-state index < -0.39 is 11.8 Å². The first kappa shape index (κ1) is 18.0. The average molecular weight is 325 g/mol. The van der Waals surface area contributed by atoms with Gasteiger partial charge in [0.15, 0.2) is 5.84 Å². The van der Waals surface area contributed by atoms with E-state index in [4.69, 9.17) is 0 Å². The molecule has 0 amide bonds. The lowest BCUT2D eigenvalue weighted by Crippen LogP contribution is -2.40. The Morgan fingerprint density at radius 2 is 1.83 bits per heavy atom. The van der Waals surface area contributed by atoms with Gasteiger partial charge in [-0.2, -0.15) is 0 Å². The molecule has 2 aliphatic rings. The maximum absolute atomic E-state index is 13.3. The highest BCUT2D eigenvalue weighted by Crippen LogP contribution is 2.72. The molecule has 23 heavy (non-hydrogen) atoms. The zero-order valence-electron chi connectivity index (χ0n) is 14.6. The van der Waals surface area contributed by atoms with Crippen molar-refractivity contribution in [3.8, 4) is 0 Å². The van der Waals surface area contributed by atoms with Gasteiger partial charge in [0.2, 0.25) is 5.92 Å². The van der Waals surface area contributed by atoms with Crippen LogP contribution >= 0.6 is 0 Å². The molecule has 0 radical (unpaired) electrons. The largest absolute Gasteiger partial charge is 0.379 e. The second-order valence-corrected chi connectivity index (χ2v) is 6.71. The van der Waals surface area contributed by atoms with Gasteiger partial charge in [-0.1, -0.05) is 26.5 Å². The number of rotatable bonds is 9. The van der Waals surface area contributed by atoms with Crippen LogP contribution in [0.1, 0.15) is 40.5 Å². The molecule has 0 spiro atoms. The predicted octanol–water partition coefficient (Wildman–Crippen LogP) is 4.04. The van der Waals surface area contributed by atoms with Gasteiger partial charge in [-0.3, -0.25) is 0 Å². The molecule has 0 aromatic carbocycles. The Balaban J connectivity index is 1.96. The van der Waals surface area contributed by atoms with E-state index in [9.17, 15) is 8.78 Å². The molecule has 3 nitrogen and oxygen atoms in total. The summed E-state index contributed by atoms with van der Waals surface area (Å²) in [5.74, 6) is -1.93. The van der Waals surface area contributed by atoms with Crippen LogP contribution in [0.3, 0.4) is 0 Å². The minimum Gasteiger partial charge on any atom is -0.379 e. The molecule has 0 saturated heterocycles. The fourth-order valence-corrected chi connectivity index (χ4v) is 3.51. The molecular weight excluding hydrogens is 296 g/mol. The summed E-state index contributed by atoms with van der Waals surface area (Å²) in [7, 11) is 0. The van der Waals surface area contributed by atoms with E-state index >= 15 is 0 Å². The molecule has 0 heterocycles. The molecule has 2 fully saturated rings. The van der Waals surface area contributed by atoms with Gasteiger partial charge in [-0.25, -0.2) is 13.8 Å². The fraction of sp³-hybridized carbons (Fsp3) is 0.722. The second-order valence-electron chi connectivity index (χ2n) is 6.71. The predicted molar refractivity (Wildman–Crippen MR) is 91.6 cm³/mol. The fourth-order valence-electron chi connectivity index (χ4n) is 3.51. The monoisotopic (exact) mass is 325 g/mol. The van der Waals surface area contributed by atoms with E-state index in [2.05, 4.69) is 35.6 Å². The maximum atomic E-state index is 13.3. The van der Waals surface area contributed by atoms with Crippen LogP contribution in [0.2, 0.25) is 0 Å². The second kappa shape index (κ2) is 7.02. The molecule has 130 valence electrons. The van der Waals surface area contributed by atoms with E-state index in [1.165, 1.54) is 0 Å². The van der Waals surface area contributed by atoms with Gasteiger partial charge < -0.3 is 10.2 Å². The number of hydrogen-bond acceptors (Lipinski definition) is 2. The lowest BCUT2D eigenvalue weighted by molar-refractivity contribution is -0.0239. The molecule has 0 aliphatic heterocycles. The highest BCUT2D eigenvalue weighted by Gasteiger charge is 2.79. The number of amidine groups is 1. The van der Waals surface area contributed by atoms with Crippen molar-refractivity contribution < 1.29 is 8.78 Å². The first-order chi connectivity index (χ1) is 10.9. The average Bonchev–Trinajstić information content (AvgIpc) is 3.34. The van der Waals surface area contributed by atoms with Crippen LogP contribution in [-0.2, 0) is 0 Å². The summed E-state index contributed by atoms with van der Waals surface area (Å²) in [4.78, 5) is 6.74. The van der Waals surface area contributed by atoms with Crippen molar-refractivity contribution in [1.82, 2.24) is 10.2 Å². The number of fused-ring (bicyclic) bond motifs is 1. The van der Waals surface area contributed by atoms with Gasteiger partial charge in [0, 0.05) is 31.2 Å². The minimum absolute atomic E-state index is 0.112. The summed E-state index contributed by atoms with van der Waals surface area (Å²) < 4.78 is 26.5. The van der Waals surface area contributed by atoms with E-state index in [-0.39, 0.29) is 17.9 Å². The van der Waals surface area contributed by atoms with Crippen LogP contribution in [0.4, 0.5) is 8.78 Å². The van der Waals surface area contributed by atoms with E-state index in [1.54, 1.807) is 6.20 Å². The van der Waals surface area contributed by atoms with Crippen LogP contribution in [0.15, 0.2) is 29.5 Å². The first-order valence-corrected chi connectivity index (χ1v) is 8.64. The number of allylic oxidation sites excluding steroid dienone is 1. The summed E-state index contributed by atoms with van der Waals surface area (Å²) in [5.41, 5.74) is 0.750. The Morgan fingerprint density at radius 3 is 2.26 bits per heavy atom. The van der Waals surface area contributed by atoms with Crippen molar-refractivity contribution in [2.75, 3.05) is 13.1 Å². The van der Waals surface area contributed by atoms with Crippen molar-refractivity contribution in [3.63, 3.8) is 0 Å². The lowest BCUT2D eigenvalue weighted by Gasteiger charge is -2.28. The third kappa shape index (κ3) is 3.93. The molecule has 2 aliphatic carbocycles. The van der Waals surface area contributed by atoms with Crippen molar-refractivity contribution in [2.45, 2.75) is 52.5 Å². The van der Waals surface area contributed by atoms with E-state index in [1.807, 2.05) is 13.0 Å². The van der Waals surface area contributed by atoms with Crippen molar-refractivity contribution >= 4 is 5.84 Å². The van der Waals surface area contributed by atoms with Gasteiger partial charge >= 0.3 is 0 Å². The standard InChI is InChI=1S/C18H29F2N3/c1-6-9-21-17(23(10-7-2)11-8-3)12(4)22-16-13-14(16)15(13)18(5,19)20/h6,9,13-16,22H,4,7-8,10-11H2,1-3,5H3/b9-6-,21-17?. The Kier molecular flexibility index (Phi) is 5.48. The molecule has 2 rings (SSSR count). The summed E-state index contributed by atoms with van der Waals surface area (Å²) in [6.45, 7) is 13.2. The Hall–Kier alpha value is -1.39. The molecule has 1 N–H and O–H groups in total. The first-order valence-electron chi connectivity index (χ1n) is 8.64. The maximum Gasteiger partial charge on any atom is 0.248 e. The van der Waals surface area contributed by atoms with Gasteiger partial charge in [-0.15, -0.1) is 0 Å². The number of nitrogens with zero attached hydrogens (tertiary/aromatic N) is 2. The lowest BCUT2D eigenvalue weighted by atomic mass is 10.0. The molecule has 0 aromatic heterocycles. The smallest absolute Gasteiger partial charge is 0.248 e. The molecule has 5 heteroatoms. The van der Waals surface area contributed by atoms with Crippen molar-refractivity contribution in [2.24, 2.45) is 22.7 Å². The molecular formula is C18H29F2N3. The minimum atomic E-state index is -2.55. The van der Waals surface area contributed by atoms with E-state index in [0.29, 0.717) is 0 Å². The molecule has 0 aromatic rings. The summed E-state index contributed by atoms with van der Waals surface area (Å²) in [6, 6.07) is 0.152. The van der Waals surface area contributed by atoms with Crippen LogP contribution in [0, 0.1) is 17.8 Å². The van der Waals surface area contributed by atoms with Crippen LogP contribution in [-0.4, -0.2) is 35.8 Å². The number of halogens is 2. The number of aliphatic imine (C=N–C) groups is 1. The van der Waals surface area contributed by atoms with Gasteiger partial charge in [-0.05, 0) is 38.5 Å². The van der Waals surface area contributed by atoms with Gasteiger partial charge in [0.25, 0.3) is 0 Å². The van der Waals surface area contributed by atoms with Crippen molar-refractivity contribution in [1.29, 1.82) is 0 Å². The van der Waals surface area contributed by atoms with Gasteiger partial charge in [0.1, 0.15) is 0 Å². The Labute approximate surface area is 138 Å². The normalized spacial score (nSPS) is 29.4. The van der Waals surface area contributed by atoms with E-state index in [0.717, 1.165) is 44.4 Å². The third-order valence-corrected chi connectivity index (χ3v) is 4.65. The SMILES string of the molecule is C=C(NC1C2C1C2C(C)(F)F)C(=N/C=C\C)N(CCC)CCC. The zero-order valence-corrected chi connectivity index (χ0v) is 14.6. The number of alkyl halides is 2. The summed E-state index contributed by atoms with van der Waals surface area (Å²) in [6.07, 6.45) is 5.70. The molecule has 2 atom stereocenters. The van der Waals surface area contributed by atoms with Crippen LogP contribution < -0.4 is 5.32 Å². The van der Waals surface area contributed by atoms with Gasteiger partial charge in [0.05, 0.1) is 5.70 Å². The topological polar surface area (TPSA) is 27.6 Å². The molecule has 2 saturated carbocycles. The zero-order chi connectivity index (χ0) is 17.2. The van der Waals surface area contributed by atoms with Crippen molar-refractivity contribution in [3.05, 3.63) is 24.6 Å². The molecule has 0 bridgehead atoms. The number of nitrogens with one attached hydrogen (secondary N) is 1. The number of hydrogen-bond donors (Lipinski definition) is 1. The van der Waals surface area contributed by atoms with Crippen LogP contribution in [0.25, 0.3) is 0 Å². The highest BCUT2D eigenvalue weighted by molar-refractivity contribution is 5.97. The highest BCUT2D eigenvalue weighted by atomic mass is 19.3. The molecule has 2 unspecified atom stereocenters. The Bertz CT molecular complexity index is 477. The van der Waals surface area contributed by atoms with Crippen LogP contribution in [0.5, 0.6) is 0 Å². The summed E-state index contributed by atoms with van der Waals surface area (Å²) >= 11 is 0. The third-order valence-electron chi connectivity index (χ3n) is 4.65. The Morgan fingerprint density at radius 1 is 1.26 bits per heavy atom. The quantitative estimate of drug-likeness (QED) is 0.512. The summed E-state index contributed by atoms with van der Waals surface area (Å²) in [5, 5.41) is 3.33.